The van der Waals surface area contributed by atoms with Gasteiger partial charge < -0.3 is 25.2 Å². The second kappa shape index (κ2) is 11.5. The van der Waals surface area contributed by atoms with Gasteiger partial charge in [0.1, 0.15) is 23.8 Å². The Morgan fingerprint density at radius 1 is 1.16 bits per heavy atom. The Hall–Kier alpha value is -4.09. The number of hydrogen-bond donors (Lipinski definition) is 3. The number of rotatable bonds is 9. The standard InChI is InChI=1S/C27H29FN4O6/c1-27(2)26-31-21(22(25(36)32(26)11-13-38-27)37-16-17-6-4-3-5-7-17)24(35)30-15-18-8-9-19(28)14-20(18)23(34)29-10-12-33/h3-9,14,33H,10-13,15-16H2,1-2H3,(H,29,34)(H,30,35). The van der Waals surface area contributed by atoms with Crippen LogP contribution in [0.4, 0.5) is 4.39 Å². The molecule has 200 valence electrons. The molecule has 0 atom stereocenters. The molecule has 2 amide bonds. The van der Waals surface area contributed by atoms with Gasteiger partial charge in [0.05, 0.1) is 19.8 Å². The summed E-state index contributed by atoms with van der Waals surface area (Å²) in [7, 11) is 0. The van der Waals surface area contributed by atoms with Crippen LogP contribution in [-0.2, 0) is 30.0 Å². The van der Waals surface area contributed by atoms with Crippen LogP contribution in [0.1, 0.15) is 51.6 Å². The van der Waals surface area contributed by atoms with Gasteiger partial charge in [-0.3, -0.25) is 19.0 Å². The highest BCUT2D eigenvalue weighted by molar-refractivity contribution is 5.97. The summed E-state index contributed by atoms with van der Waals surface area (Å²) in [5, 5.41) is 14.1. The largest absolute Gasteiger partial charge is 0.481 e. The molecule has 0 saturated heterocycles. The third kappa shape index (κ3) is 5.90. The minimum atomic E-state index is -0.917. The van der Waals surface area contributed by atoms with Crippen LogP contribution in [0.25, 0.3) is 0 Å². The maximum atomic E-state index is 13.9. The molecule has 0 saturated carbocycles. The van der Waals surface area contributed by atoms with E-state index in [9.17, 15) is 18.8 Å². The minimum absolute atomic E-state index is 0.00676. The predicted molar refractivity (Wildman–Crippen MR) is 135 cm³/mol. The van der Waals surface area contributed by atoms with Gasteiger partial charge in [-0.15, -0.1) is 0 Å². The molecular weight excluding hydrogens is 495 g/mol. The molecule has 3 N–H and O–H groups in total. The lowest BCUT2D eigenvalue weighted by molar-refractivity contribution is -0.0567. The maximum absolute atomic E-state index is 13.9. The first-order chi connectivity index (χ1) is 18.2. The molecule has 2 heterocycles. The number of halogens is 1. The predicted octanol–water partition coefficient (Wildman–Crippen LogP) is 1.88. The van der Waals surface area contributed by atoms with E-state index in [4.69, 9.17) is 14.6 Å². The Morgan fingerprint density at radius 2 is 1.92 bits per heavy atom. The molecule has 4 rings (SSSR count). The lowest BCUT2D eigenvalue weighted by Crippen LogP contribution is -2.43. The zero-order chi connectivity index (χ0) is 27.3. The van der Waals surface area contributed by atoms with Crippen molar-refractivity contribution >= 4 is 11.8 Å². The lowest BCUT2D eigenvalue weighted by Gasteiger charge is -2.32. The summed E-state index contributed by atoms with van der Waals surface area (Å²) < 4.78 is 26.9. The first-order valence-corrected chi connectivity index (χ1v) is 12.1. The van der Waals surface area contributed by atoms with Crippen molar-refractivity contribution in [2.75, 3.05) is 19.8 Å². The molecule has 38 heavy (non-hydrogen) atoms. The number of aliphatic hydroxyl groups is 1. The SMILES string of the molecule is CC1(C)OCCn2c1nc(C(=O)NCc1ccc(F)cc1C(=O)NCCO)c(OCc1ccccc1)c2=O. The molecule has 3 aromatic rings. The van der Waals surface area contributed by atoms with E-state index < -0.39 is 28.8 Å². The third-order valence-electron chi connectivity index (χ3n) is 6.04. The molecule has 0 radical (unpaired) electrons. The lowest BCUT2D eigenvalue weighted by atomic mass is 10.1. The second-order valence-electron chi connectivity index (χ2n) is 9.17. The first kappa shape index (κ1) is 27.0. The quantitative estimate of drug-likeness (QED) is 0.389. The van der Waals surface area contributed by atoms with Crippen LogP contribution in [0, 0.1) is 5.82 Å². The minimum Gasteiger partial charge on any atom is -0.481 e. The molecule has 1 aliphatic rings. The van der Waals surface area contributed by atoms with Gasteiger partial charge in [0.15, 0.2) is 5.69 Å². The number of hydrogen-bond acceptors (Lipinski definition) is 7. The topological polar surface area (TPSA) is 132 Å². The Kier molecular flexibility index (Phi) is 8.18. The fourth-order valence-corrected chi connectivity index (χ4v) is 4.11. The van der Waals surface area contributed by atoms with Gasteiger partial charge >= 0.3 is 0 Å². The molecule has 0 bridgehead atoms. The van der Waals surface area contributed by atoms with Crippen LogP contribution in [0.5, 0.6) is 5.75 Å². The van der Waals surface area contributed by atoms with Gasteiger partial charge in [0.25, 0.3) is 17.4 Å². The third-order valence-corrected chi connectivity index (χ3v) is 6.04. The summed E-state index contributed by atoms with van der Waals surface area (Å²) in [5.41, 5.74) is -0.496. The Bertz CT molecular complexity index is 1390. The van der Waals surface area contributed by atoms with Crippen LogP contribution >= 0.6 is 0 Å². The summed E-state index contributed by atoms with van der Waals surface area (Å²) in [4.78, 5) is 43.8. The van der Waals surface area contributed by atoms with Gasteiger partial charge in [-0.05, 0) is 37.1 Å². The number of carbonyl (C=O) groups is 2. The number of nitrogens with one attached hydrogen (secondary N) is 2. The molecule has 10 nitrogen and oxygen atoms in total. The summed E-state index contributed by atoms with van der Waals surface area (Å²) in [5.74, 6) is -1.85. The number of fused-ring (bicyclic) bond motifs is 1. The van der Waals surface area contributed by atoms with Crippen molar-refractivity contribution in [2.45, 2.75) is 39.1 Å². The first-order valence-electron chi connectivity index (χ1n) is 12.1. The van der Waals surface area contributed by atoms with Crippen molar-refractivity contribution in [3.63, 3.8) is 0 Å². The van der Waals surface area contributed by atoms with Crippen molar-refractivity contribution in [2.24, 2.45) is 0 Å². The fraction of sp³-hybridized carbons (Fsp3) is 0.333. The maximum Gasteiger partial charge on any atom is 0.296 e. The average Bonchev–Trinajstić information content (AvgIpc) is 2.90. The molecule has 0 aliphatic carbocycles. The Balaban J connectivity index is 1.65. The summed E-state index contributed by atoms with van der Waals surface area (Å²) in [6.45, 7) is 3.68. The van der Waals surface area contributed by atoms with Gasteiger partial charge in [-0.25, -0.2) is 9.37 Å². The highest BCUT2D eigenvalue weighted by Gasteiger charge is 2.35. The van der Waals surface area contributed by atoms with E-state index >= 15 is 0 Å². The number of carbonyl (C=O) groups excluding carboxylic acids is 2. The van der Waals surface area contributed by atoms with E-state index in [0.717, 1.165) is 11.6 Å². The van der Waals surface area contributed by atoms with Gasteiger partial charge in [-0.1, -0.05) is 36.4 Å². The number of aromatic nitrogens is 2. The number of benzene rings is 2. The van der Waals surface area contributed by atoms with Gasteiger partial charge in [0.2, 0.25) is 5.75 Å². The van der Waals surface area contributed by atoms with Gasteiger partial charge in [-0.2, -0.15) is 0 Å². The Labute approximate surface area is 218 Å². The summed E-state index contributed by atoms with van der Waals surface area (Å²) >= 11 is 0. The van der Waals surface area contributed by atoms with Crippen LogP contribution in [0.2, 0.25) is 0 Å². The zero-order valence-electron chi connectivity index (χ0n) is 21.1. The number of nitrogens with zero attached hydrogens (tertiary/aromatic N) is 2. The molecule has 1 aromatic heterocycles. The molecule has 11 heteroatoms. The van der Waals surface area contributed by atoms with E-state index in [1.54, 1.807) is 13.8 Å². The average molecular weight is 525 g/mol. The van der Waals surface area contributed by atoms with E-state index in [-0.39, 0.29) is 55.7 Å². The number of amides is 2. The molecule has 2 aromatic carbocycles. The van der Waals surface area contributed by atoms with E-state index in [1.165, 1.54) is 16.7 Å². The summed E-state index contributed by atoms with van der Waals surface area (Å²) in [6, 6.07) is 12.8. The zero-order valence-corrected chi connectivity index (χ0v) is 21.1. The van der Waals surface area contributed by atoms with Crippen molar-refractivity contribution in [1.82, 2.24) is 20.2 Å². The second-order valence-corrected chi connectivity index (χ2v) is 9.17. The van der Waals surface area contributed by atoms with Gasteiger partial charge in [0, 0.05) is 18.7 Å². The number of ether oxygens (including phenoxy) is 2. The summed E-state index contributed by atoms with van der Waals surface area (Å²) in [6.07, 6.45) is 0. The van der Waals surface area contributed by atoms with Crippen molar-refractivity contribution < 1.29 is 28.6 Å². The van der Waals surface area contributed by atoms with E-state index in [2.05, 4.69) is 15.6 Å². The fourth-order valence-electron chi connectivity index (χ4n) is 4.11. The van der Waals surface area contributed by atoms with Crippen LogP contribution in [0.3, 0.4) is 0 Å². The molecule has 1 aliphatic heterocycles. The normalized spacial score (nSPS) is 13.9. The van der Waals surface area contributed by atoms with Crippen molar-refractivity contribution in [1.29, 1.82) is 0 Å². The van der Waals surface area contributed by atoms with Crippen LogP contribution in [-0.4, -0.2) is 46.2 Å². The van der Waals surface area contributed by atoms with Crippen molar-refractivity contribution in [3.05, 3.63) is 92.9 Å². The monoisotopic (exact) mass is 524 g/mol. The van der Waals surface area contributed by atoms with E-state index in [1.807, 2.05) is 30.3 Å². The molecule has 0 unspecified atom stereocenters. The van der Waals surface area contributed by atoms with Crippen LogP contribution in [0.15, 0.2) is 53.3 Å². The highest BCUT2D eigenvalue weighted by atomic mass is 19.1. The Morgan fingerprint density at radius 3 is 2.66 bits per heavy atom. The van der Waals surface area contributed by atoms with Crippen molar-refractivity contribution in [3.8, 4) is 5.75 Å². The molecular formula is C27H29FN4O6. The van der Waals surface area contributed by atoms with E-state index in [0.29, 0.717) is 12.2 Å². The number of aliphatic hydroxyl groups excluding tert-OH is 1. The van der Waals surface area contributed by atoms with Crippen LogP contribution < -0.4 is 20.9 Å². The molecule has 0 fully saturated rings. The highest BCUT2D eigenvalue weighted by Crippen LogP contribution is 2.28. The smallest absolute Gasteiger partial charge is 0.296 e. The molecule has 0 spiro atoms.